The van der Waals surface area contributed by atoms with Crippen LogP contribution in [0.4, 0.5) is 5.69 Å². The van der Waals surface area contributed by atoms with E-state index in [1.54, 1.807) is 12.1 Å². The summed E-state index contributed by atoms with van der Waals surface area (Å²) in [5, 5.41) is 16.4. The highest BCUT2D eigenvalue weighted by molar-refractivity contribution is 6.31. The highest BCUT2D eigenvalue weighted by Crippen LogP contribution is 2.33. The van der Waals surface area contributed by atoms with Crippen LogP contribution in [0.2, 0.25) is 5.02 Å². The number of benzene rings is 6. The SMILES string of the molecule is O=C(N[C@@H](Cc1ccc(-c2ccccc2Oc2ccccc2)cc1)C(=O)O)c1cc(Cl)ccc1NCc1ccc(OCc2ccccc2)cc1. The molecule has 0 aliphatic carbocycles. The fraction of sp³-hybridized carbons (Fsp3) is 0.0952. The number of halogens is 1. The van der Waals surface area contributed by atoms with E-state index in [0.717, 1.165) is 39.3 Å². The fourth-order valence-corrected chi connectivity index (χ4v) is 5.57. The number of carboxylic acid groups (broad SMARTS) is 1. The number of carboxylic acids is 1. The van der Waals surface area contributed by atoms with E-state index in [9.17, 15) is 14.7 Å². The van der Waals surface area contributed by atoms with E-state index >= 15 is 0 Å². The number of hydrogen-bond acceptors (Lipinski definition) is 5. The summed E-state index contributed by atoms with van der Waals surface area (Å²) >= 11 is 6.27. The second-order valence-electron chi connectivity index (χ2n) is 11.6. The molecular weight excluding hydrogens is 648 g/mol. The van der Waals surface area contributed by atoms with Crippen molar-refractivity contribution in [2.24, 2.45) is 0 Å². The summed E-state index contributed by atoms with van der Waals surface area (Å²) in [5.74, 6) is 0.498. The minimum Gasteiger partial charge on any atom is -0.489 e. The van der Waals surface area contributed by atoms with Crippen molar-refractivity contribution < 1.29 is 24.2 Å². The Balaban J connectivity index is 1.09. The van der Waals surface area contributed by atoms with Gasteiger partial charge >= 0.3 is 5.97 Å². The Labute approximate surface area is 296 Å². The first-order chi connectivity index (χ1) is 24.4. The smallest absolute Gasteiger partial charge is 0.326 e. The van der Waals surface area contributed by atoms with Crippen LogP contribution in [0.5, 0.6) is 17.2 Å². The first-order valence-corrected chi connectivity index (χ1v) is 16.5. The molecule has 0 saturated heterocycles. The predicted molar refractivity (Wildman–Crippen MR) is 197 cm³/mol. The van der Waals surface area contributed by atoms with Crippen LogP contribution in [0.1, 0.15) is 27.0 Å². The monoisotopic (exact) mass is 682 g/mol. The first kappa shape index (κ1) is 33.8. The van der Waals surface area contributed by atoms with E-state index in [-0.39, 0.29) is 12.0 Å². The van der Waals surface area contributed by atoms with Crippen LogP contribution in [0.3, 0.4) is 0 Å². The van der Waals surface area contributed by atoms with Crippen LogP contribution >= 0.6 is 11.6 Å². The van der Waals surface area contributed by atoms with E-state index in [0.29, 0.717) is 29.6 Å². The van der Waals surface area contributed by atoms with Gasteiger partial charge in [-0.1, -0.05) is 115 Å². The number of anilines is 1. The third-order valence-corrected chi connectivity index (χ3v) is 8.28. The van der Waals surface area contributed by atoms with Gasteiger partial charge in [0.25, 0.3) is 5.91 Å². The Bertz CT molecular complexity index is 2040. The van der Waals surface area contributed by atoms with E-state index < -0.39 is 17.9 Å². The second kappa shape index (κ2) is 16.4. The molecule has 7 nitrogen and oxygen atoms in total. The second-order valence-corrected chi connectivity index (χ2v) is 12.1. The molecule has 6 rings (SSSR count). The van der Waals surface area contributed by atoms with Gasteiger partial charge in [-0.2, -0.15) is 0 Å². The third kappa shape index (κ3) is 9.09. The molecule has 0 unspecified atom stereocenters. The minimum absolute atomic E-state index is 0.0888. The molecule has 0 heterocycles. The van der Waals surface area contributed by atoms with E-state index in [1.807, 2.05) is 133 Å². The summed E-state index contributed by atoms with van der Waals surface area (Å²) in [7, 11) is 0. The van der Waals surface area contributed by atoms with Crippen LogP contribution in [0.25, 0.3) is 11.1 Å². The molecule has 6 aromatic carbocycles. The van der Waals surface area contributed by atoms with Crippen LogP contribution in [0, 0.1) is 0 Å². The van der Waals surface area contributed by atoms with Crippen molar-refractivity contribution in [2.75, 3.05) is 5.32 Å². The van der Waals surface area contributed by atoms with Crippen molar-refractivity contribution in [3.05, 3.63) is 179 Å². The zero-order chi connectivity index (χ0) is 34.7. The number of hydrogen-bond donors (Lipinski definition) is 3. The molecule has 0 fully saturated rings. The van der Waals surface area contributed by atoms with E-state index in [2.05, 4.69) is 10.6 Å². The highest BCUT2D eigenvalue weighted by Gasteiger charge is 2.23. The summed E-state index contributed by atoms with van der Waals surface area (Å²) in [4.78, 5) is 25.8. The van der Waals surface area contributed by atoms with Crippen molar-refractivity contribution in [1.29, 1.82) is 0 Å². The maximum atomic E-state index is 13.5. The van der Waals surface area contributed by atoms with Crippen LogP contribution in [-0.2, 0) is 24.4 Å². The van der Waals surface area contributed by atoms with Gasteiger partial charge in [-0.25, -0.2) is 4.79 Å². The number of nitrogens with one attached hydrogen (secondary N) is 2. The Morgan fingerprint density at radius 2 is 1.34 bits per heavy atom. The summed E-state index contributed by atoms with van der Waals surface area (Å²) in [6.07, 6.45) is 0.0888. The van der Waals surface area contributed by atoms with Crippen LogP contribution < -0.4 is 20.1 Å². The minimum atomic E-state index is -1.17. The number of para-hydroxylation sites is 2. The van der Waals surface area contributed by atoms with Gasteiger partial charge < -0.3 is 25.2 Å². The van der Waals surface area contributed by atoms with Gasteiger partial charge in [0.05, 0.1) is 5.56 Å². The van der Waals surface area contributed by atoms with E-state index in [4.69, 9.17) is 21.1 Å². The van der Waals surface area contributed by atoms with Gasteiger partial charge in [0.15, 0.2) is 0 Å². The molecular formula is C42H35ClN2O5. The molecule has 0 aromatic heterocycles. The third-order valence-electron chi connectivity index (χ3n) is 8.05. The number of rotatable bonds is 14. The zero-order valence-electron chi connectivity index (χ0n) is 27.1. The normalized spacial score (nSPS) is 11.3. The van der Waals surface area contributed by atoms with Crippen molar-refractivity contribution in [3.8, 4) is 28.4 Å². The zero-order valence-corrected chi connectivity index (χ0v) is 27.8. The van der Waals surface area contributed by atoms with Crippen molar-refractivity contribution in [3.63, 3.8) is 0 Å². The van der Waals surface area contributed by atoms with E-state index in [1.165, 1.54) is 6.07 Å². The molecule has 50 heavy (non-hydrogen) atoms. The number of carbonyl (C=O) groups is 2. The van der Waals surface area contributed by atoms with Gasteiger partial charge in [0, 0.05) is 29.2 Å². The van der Waals surface area contributed by atoms with Crippen molar-refractivity contribution >= 4 is 29.2 Å². The molecule has 0 saturated carbocycles. The maximum absolute atomic E-state index is 13.5. The van der Waals surface area contributed by atoms with Gasteiger partial charge in [0.1, 0.15) is 29.9 Å². The van der Waals surface area contributed by atoms with Gasteiger partial charge in [-0.05, 0) is 70.8 Å². The molecule has 0 radical (unpaired) electrons. The average molecular weight is 683 g/mol. The van der Waals surface area contributed by atoms with Crippen LogP contribution in [0.15, 0.2) is 152 Å². The lowest BCUT2D eigenvalue weighted by Crippen LogP contribution is -2.42. The quantitative estimate of drug-likeness (QED) is 0.106. The number of ether oxygens (including phenoxy) is 2. The van der Waals surface area contributed by atoms with Gasteiger partial charge in [-0.15, -0.1) is 0 Å². The molecule has 0 bridgehead atoms. The first-order valence-electron chi connectivity index (χ1n) is 16.2. The molecule has 0 aliphatic rings. The van der Waals surface area contributed by atoms with Crippen molar-refractivity contribution in [1.82, 2.24) is 5.32 Å². The summed E-state index contributed by atoms with van der Waals surface area (Å²) in [6.45, 7) is 0.901. The maximum Gasteiger partial charge on any atom is 0.326 e. The fourth-order valence-electron chi connectivity index (χ4n) is 5.40. The summed E-state index contributed by atoms with van der Waals surface area (Å²) in [6, 6.07) is 46.2. The molecule has 0 aliphatic heterocycles. The van der Waals surface area contributed by atoms with Crippen molar-refractivity contribution in [2.45, 2.75) is 25.6 Å². The standard InChI is InChI=1S/C42H35ClN2O5/c43-33-21-24-38(44-27-30-17-22-34(23-18-30)49-28-31-9-3-1-4-10-31)37(26-33)41(46)45-39(42(47)48)25-29-15-19-32(20-16-29)36-13-7-8-14-40(36)50-35-11-5-2-6-12-35/h1-24,26,39,44H,25,27-28H2,(H,45,46)(H,47,48)/t39-/m0/s1. The Kier molecular flexibility index (Phi) is 11.1. The number of aliphatic carboxylic acids is 1. The topological polar surface area (TPSA) is 96.9 Å². The Hall–Kier alpha value is -6.05. The molecule has 3 N–H and O–H groups in total. The number of amides is 1. The van der Waals surface area contributed by atoms with Gasteiger partial charge in [0.2, 0.25) is 0 Å². The Morgan fingerprint density at radius 3 is 2.06 bits per heavy atom. The highest BCUT2D eigenvalue weighted by atomic mass is 35.5. The summed E-state index contributed by atoms with van der Waals surface area (Å²) in [5.41, 5.74) is 5.40. The molecule has 0 spiro atoms. The van der Waals surface area contributed by atoms with Gasteiger partial charge in [-0.3, -0.25) is 4.79 Å². The molecule has 8 heteroatoms. The predicted octanol–water partition coefficient (Wildman–Crippen LogP) is 9.42. The molecule has 1 atom stereocenters. The summed E-state index contributed by atoms with van der Waals surface area (Å²) < 4.78 is 12.0. The lowest BCUT2D eigenvalue weighted by molar-refractivity contribution is -0.139. The molecule has 250 valence electrons. The lowest BCUT2D eigenvalue weighted by Gasteiger charge is -2.18. The molecule has 1 amide bonds. The van der Waals surface area contributed by atoms with Crippen LogP contribution in [-0.4, -0.2) is 23.0 Å². The molecule has 6 aromatic rings. The number of carbonyl (C=O) groups excluding carboxylic acids is 1. The average Bonchev–Trinajstić information content (AvgIpc) is 3.15. The Morgan fingerprint density at radius 1 is 0.680 bits per heavy atom. The lowest BCUT2D eigenvalue weighted by atomic mass is 9.99. The largest absolute Gasteiger partial charge is 0.489 e.